The summed E-state index contributed by atoms with van der Waals surface area (Å²) in [6.45, 7) is 0. The summed E-state index contributed by atoms with van der Waals surface area (Å²) < 4.78 is 27.6. The predicted octanol–water partition coefficient (Wildman–Crippen LogP) is 0.855. The molecule has 0 saturated heterocycles. The summed E-state index contributed by atoms with van der Waals surface area (Å²) in [6.07, 6.45) is 3.88. The number of halogens is 2. The summed E-state index contributed by atoms with van der Waals surface area (Å²) >= 11 is 0. The van der Waals surface area contributed by atoms with Crippen molar-refractivity contribution in [3.05, 3.63) is 36.5 Å². The Labute approximate surface area is 95.3 Å². The smallest absolute Gasteiger partial charge is 0.272 e. The molecule has 5 nitrogen and oxygen atoms in total. The van der Waals surface area contributed by atoms with Crippen LogP contribution in [-0.2, 0) is 5.54 Å². The van der Waals surface area contributed by atoms with Gasteiger partial charge in [-0.3, -0.25) is 0 Å². The van der Waals surface area contributed by atoms with Gasteiger partial charge in [0, 0.05) is 12.6 Å². The molecule has 0 amide bonds. The molecule has 1 saturated carbocycles. The number of pyridine rings is 1. The second-order valence-electron chi connectivity index (χ2n) is 4.10. The predicted molar refractivity (Wildman–Crippen MR) is 54.6 cm³/mol. The maximum atomic E-state index is 13.1. The fraction of sp³-hybridized carbons (Fsp3) is 0.300. The van der Waals surface area contributed by atoms with Crippen molar-refractivity contribution in [1.29, 1.82) is 0 Å². The fourth-order valence-electron chi connectivity index (χ4n) is 1.73. The zero-order chi connectivity index (χ0) is 12.1. The first kappa shape index (κ1) is 10.3. The zero-order valence-electron chi connectivity index (χ0n) is 8.72. The van der Waals surface area contributed by atoms with E-state index in [0.29, 0.717) is 11.4 Å². The average molecular weight is 237 g/mol. The van der Waals surface area contributed by atoms with E-state index in [4.69, 9.17) is 5.73 Å². The normalized spacial score (nSPS) is 25.8. The van der Waals surface area contributed by atoms with E-state index >= 15 is 0 Å². The molecule has 1 fully saturated rings. The molecule has 1 aliphatic rings. The first-order valence-corrected chi connectivity index (χ1v) is 5.01. The molecule has 2 aromatic heterocycles. The molecule has 3 rings (SSSR count). The Morgan fingerprint density at radius 2 is 2.12 bits per heavy atom. The second-order valence-corrected chi connectivity index (χ2v) is 4.10. The highest BCUT2D eigenvalue weighted by atomic mass is 19.3. The molecule has 0 spiro atoms. The molecule has 0 aliphatic heterocycles. The Morgan fingerprint density at radius 1 is 1.35 bits per heavy atom. The lowest BCUT2D eigenvalue weighted by Crippen LogP contribution is -2.27. The van der Waals surface area contributed by atoms with Crippen LogP contribution < -0.4 is 5.73 Å². The number of nitrogens with zero attached hydrogens (tertiary/aromatic N) is 4. The van der Waals surface area contributed by atoms with Gasteiger partial charge in [-0.1, -0.05) is 6.07 Å². The maximum absolute atomic E-state index is 13.1. The highest BCUT2D eigenvalue weighted by Crippen LogP contribution is 2.57. The van der Waals surface area contributed by atoms with Gasteiger partial charge < -0.3 is 5.73 Å². The molecule has 0 radical (unpaired) electrons. The van der Waals surface area contributed by atoms with E-state index < -0.39 is 11.5 Å². The monoisotopic (exact) mass is 237 g/mol. The van der Waals surface area contributed by atoms with Gasteiger partial charge in [-0.2, -0.15) is 5.10 Å². The van der Waals surface area contributed by atoms with Crippen molar-refractivity contribution < 1.29 is 8.78 Å². The van der Waals surface area contributed by atoms with Crippen LogP contribution in [0.3, 0.4) is 0 Å². The van der Waals surface area contributed by atoms with Crippen LogP contribution in [0.1, 0.15) is 12.0 Å². The minimum absolute atomic E-state index is 0.329. The van der Waals surface area contributed by atoms with Gasteiger partial charge in [0.05, 0.1) is 0 Å². The minimum atomic E-state index is -2.83. The number of hydrogen-bond donors (Lipinski definition) is 1. The van der Waals surface area contributed by atoms with Crippen molar-refractivity contribution in [1.82, 2.24) is 19.7 Å². The number of rotatable bonds is 2. The lowest BCUT2D eigenvalue weighted by atomic mass is 10.1. The molecule has 1 aliphatic carbocycles. The van der Waals surface area contributed by atoms with E-state index in [1.165, 1.54) is 23.5 Å². The van der Waals surface area contributed by atoms with Gasteiger partial charge in [-0.15, -0.1) is 0 Å². The van der Waals surface area contributed by atoms with Crippen LogP contribution in [0.5, 0.6) is 0 Å². The second kappa shape index (κ2) is 3.07. The molecule has 88 valence electrons. The Hall–Kier alpha value is -1.89. The summed E-state index contributed by atoms with van der Waals surface area (Å²) in [6, 6.07) is 3.14. The third kappa shape index (κ3) is 1.42. The van der Waals surface area contributed by atoms with E-state index in [-0.39, 0.29) is 6.42 Å². The average Bonchev–Trinajstić information content (AvgIpc) is 2.75. The van der Waals surface area contributed by atoms with Crippen molar-refractivity contribution in [2.75, 3.05) is 0 Å². The van der Waals surface area contributed by atoms with Gasteiger partial charge in [0.15, 0.2) is 5.82 Å². The third-order valence-electron chi connectivity index (χ3n) is 2.95. The molecule has 17 heavy (non-hydrogen) atoms. The number of aromatic nitrogens is 4. The molecule has 1 unspecified atom stereocenters. The highest BCUT2D eigenvalue weighted by Gasteiger charge is 2.70. The van der Waals surface area contributed by atoms with Gasteiger partial charge >= 0.3 is 0 Å². The largest absolute Gasteiger partial charge is 0.316 e. The van der Waals surface area contributed by atoms with E-state index in [1.807, 2.05) is 0 Å². The number of alkyl halides is 2. The first-order chi connectivity index (χ1) is 8.03. The Kier molecular flexibility index (Phi) is 1.86. The zero-order valence-corrected chi connectivity index (χ0v) is 8.72. The Balaban J connectivity index is 1.92. The summed E-state index contributed by atoms with van der Waals surface area (Å²) in [5.41, 5.74) is 4.37. The molecule has 7 heteroatoms. The van der Waals surface area contributed by atoms with Crippen molar-refractivity contribution in [3.63, 3.8) is 0 Å². The summed E-state index contributed by atoms with van der Waals surface area (Å²) in [7, 11) is 0. The Bertz CT molecular complexity index is 536. The van der Waals surface area contributed by atoms with Crippen molar-refractivity contribution in [2.45, 2.75) is 17.9 Å². The third-order valence-corrected chi connectivity index (χ3v) is 2.95. The molecule has 0 aromatic carbocycles. The highest BCUT2D eigenvalue weighted by molar-refractivity contribution is 5.36. The SMILES string of the molecule is NC1(c2ccc(-n3cncn3)nc2)CC1(F)F. The first-order valence-electron chi connectivity index (χ1n) is 5.01. The minimum Gasteiger partial charge on any atom is -0.316 e. The van der Waals surface area contributed by atoms with Crippen molar-refractivity contribution in [2.24, 2.45) is 5.73 Å². The molecule has 1 atom stereocenters. The molecular weight excluding hydrogens is 228 g/mol. The van der Waals surface area contributed by atoms with Gasteiger partial charge in [0.2, 0.25) is 0 Å². The number of nitrogens with two attached hydrogens (primary N) is 1. The summed E-state index contributed by atoms with van der Waals surface area (Å²) in [5.74, 6) is -2.32. The maximum Gasteiger partial charge on any atom is 0.272 e. The molecule has 2 aromatic rings. The summed E-state index contributed by atoms with van der Waals surface area (Å²) in [4.78, 5) is 7.81. The van der Waals surface area contributed by atoms with E-state index in [1.54, 1.807) is 12.1 Å². The van der Waals surface area contributed by atoms with E-state index in [9.17, 15) is 8.78 Å². The lowest BCUT2D eigenvalue weighted by Gasteiger charge is -2.10. The molecular formula is C10H9F2N5. The summed E-state index contributed by atoms with van der Waals surface area (Å²) in [5, 5.41) is 3.89. The van der Waals surface area contributed by atoms with Crippen molar-refractivity contribution in [3.8, 4) is 5.82 Å². The van der Waals surface area contributed by atoms with E-state index in [0.717, 1.165) is 0 Å². The molecule has 2 heterocycles. The molecule has 0 bridgehead atoms. The molecule has 2 N–H and O–H groups in total. The number of hydrogen-bond acceptors (Lipinski definition) is 4. The van der Waals surface area contributed by atoms with Gasteiger partial charge in [-0.05, 0) is 11.6 Å². The van der Waals surface area contributed by atoms with Crippen molar-refractivity contribution >= 4 is 0 Å². The van der Waals surface area contributed by atoms with Crippen LogP contribution in [0.4, 0.5) is 8.78 Å². The van der Waals surface area contributed by atoms with Crippen LogP contribution in [0.2, 0.25) is 0 Å². The topological polar surface area (TPSA) is 69.6 Å². The van der Waals surface area contributed by atoms with Crippen LogP contribution in [0.25, 0.3) is 5.82 Å². The quantitative estimate of drug-likeness (QED) is 0.840. The fourth-order valence-corrected chi connectivity index (χ4v) is 1.73. The van der Waals surface area contributed by atoms with E-state index in [2.05, 4.69) is 15.1 Å². The van der Waals surface area contributed by atoms with Gasteiger partial charge in [0.25, 0.3) is 5.92 Å². The van der Waals surface area contributed by atoms with Gasteiger partial charge in [0.1, 0.15) is 18.2 Å². The van der Waals surface area contributed by atoms with Crippen LogP contribution in [0.15, 0.2) is 31.0 Å². The standard InChI is InChI=1S/C10H9F2N5/c11-10(12)4-9(10,13)7-1-2-8(15-3-7)17-6-14-5-16-17/h1-3,5-6H,4,13H2. The van der Waals surface area contributed by atoms with Crippen LogP contribution in [0, 0.1) is 0 Å². The van der Waals surface area contributed by atoms with Crippen LogP contribution in [-0.4, -0.2) is 25.7 Å². The Morgan fingerprint density at radius 3 is 2.59 bits per heavy atom. The van der Waals surface area contributed by atoms with Gasteiger partial charge in [-0.25, -0.2) is 23.4 Å². The lowest BCUT2D eigenvalue weighted by molar-refractivity contribution is 0.0890. The van der Waals surface area contributed by atoms with Crippen LogP contribution >= 0.6 is 0 Å².